The molecule has 0 aliphatic carbocycles. The molecule has 16 heavy (non-hydrogen) atoms. The number of nitrogens with zero attached hydrogens (tertiary/aromatic N) is 3. The van der Waals surface area contributed by atoms with Crippen LogP contribution in [0.25, 0.3) is 11.0 Å². The first-order chi connectivity index (χ1) is 7.85. The molecule has 0 unspecified atom stereocenters. The summed E-state index contributed by atoms with van der Waals surface area (Å²) >= 11 is 0. The van der Waals surface area contributed by atoms with E-state index in [1.807, 2.05) is 6.92 Å². The number of fused-ring (bicyclic) bond motifs is 1. The van der Waals surface area contributed by atoms with Gasteiger partial charge in [-0.3, -0.25) is 5.10 Å². The van der Waals surface area contributed by atoms with E-state index >= 15 is 0 Å². The summed E-state index contributed by atoms with van der Waals surface area (Å²) in [4.78, 5) is 8.59. The van der Waals surface area contributed by atoms with Gasteiger partial charge in [0.25, 0.3) is 0 Å². The molecule has 0 aromatic carbocycles. The molecule has 0 aliphatic rings. The van der Waals surface area contributed by atoms with Crippen molar-refractivity contribution in [1.82, 2.24) is 20.2 Å². The lowest BCUT2D eigenvalue weighted by atomic mass is 10.4. The molecule has 0 amide bonds. The van der Waals surface area contributed by atoms with Gasteiger partial charge >= 0.3 is 0 Å². The first-order valence-corrected chi connectivity index (χ1v) is 5.43. The average molecular weight is 221 g/mol. The van der Waals surface area contributed by atoms with Crippen molar-refractivity contribution in [2.45, 2.75) is 20.3 Å². The van der Waals surface area contributed by atoms with E-state index < -0.39 is 0 Å². The number of hydrogen-bond donors (Lipinski definition) is 2. The Labute approximate surface area is 93.4 Å². The number of ether oxygens (including phenoxy) is 1. The molecule has 2 N–H and O–H groups in total. The molecule has 6 heteroatoms. The lowest BCUT2D eigenvalue weighted by Crippen LogP contribution is -2.06. The predicted octanol–water partition coefficient (Wildman–Crippen LogP) is 1.57. The SMILES string of the molecule is CCCNc1nc(OCC)c2cn[nH]c2n1. The minimum atomic E-state index is 0.569. The quantitative estimate of drug-likeness (QED) is 0.801. The normalized spacial score (nSPS) is 10.6. The Morgan fingerprint density at radius 3 is 3.00 bits per heavy atom. The Hall–Kier alpha value is -1.85. The fraction of sp³-hybridized carbons (Fsp3) is 0.500. The monoisotopic (exact) mass is 221 g/mol. The zero-order chi connectivity index (χ0) is 11.4. The Morgan fingerprint density at radius 2 is 2.25 bits per heavy atom. The standard InChI is InChI=1S/C10H15N5O/c1-3-5-11-10-13-8-7(6-12-15-8)9(14-10)16-4-2/h6H,3-5H2,1-2H3,(H2,11,12,13,14,15). The molecule has 0 saturated carbocycles. The predicted molar refractivity (Wildman–Crippen MR) is 61.6 cm³/mol. The molecular formula is C10H15N5O. The highest BCUT2D eigenvalue weighted by atomic mass is 16.5. The number of aromatic amines is 1. The van der Waals surface area contributed by atoms with Crippen molar-refractivity contribution >= 4 is 17.0 Å². The summed E-state index contributed by atoms with van der Waals surface area (Å²) in [6, 6.07) is 0. The second-order valence-corrected chi connectivity index (χ2v) is 3.34. The van der Waals surface area contributed by atoms with Gasteiger partial charge in [-0.25, -0.2) is 0 Å². The molecule has 2 heterocycles. The molecule has 2 aromatic heterocycles. The maximum absolute atomic E-state index is 5.45. The number of anilines is 1. The van der Waals surface area contributed by atoms with Crippen LogP contribution in [0.15, 0.2) is 6.20 Å². The van der Waals surface area contributed by atoms with Crippen molar-refractivity contribution in [2.75, 3.05) is 18.5 Å². The van der Waals surface area contributed by atoms with Crippen LogP contribution in [0.3, 0.4) is 0 Å². The summed E-state index contributed by atoms with van der Waals surface area (Å²) in [6.07, 6.45) is 2.69. The van der Waals surface area contributed by atoms with E-state index in [0.717, 1.165) is 18.4 Å². The molecule has 0 aliphatic heterocycles. The lowest BCUT2D eigenvalue weighted by Gasteiger charge is -2.06. The number of rotatable bonds is 5. The topological polar surface area (TPSA) is 75.7 Å². The second kappa shape index (κ2) is 4.78. The number of nitrogens with one attached hydrogen (secondary N) is 2. The minimum absolute atomic E-state index is 0.569. The van der Waals surface area contributed by atoms with Crippen LogP contribution in [0, 0.1) is 0 Å². The van der Waals surface area contributed by atoms with E-state index in [-0.39, 0.29) is 0 Å². The van der Waals surface area contributed by atoms with Gasteiger partial charge in [-0.15, -0.1) is 0 Å². The van der Waals surface area contributed by atoms with Crippen molar-refractivity contribution in [3.05, 3.63) is 6.20 Å². The van der Waals surface area contributed by atoms with Gasteiger partial charge < -0.3 is 10.1 Å². The Kier molecular flexibility index (Phi) is 3.19. The van der Waals surface area contributed by atoms with Gasteiger partial charge in [-0.1, -0.05) is 6.92 Å². The summed E-state index contributed by atoms with van der Waals surface area (Å²) in [5, 5.41) is 10.7. The molecule has 2 rings (SSSR count). The fourth-order valence-corrected chi connectivity index (χ4v) is 1.37. The third-order valence-corrected chi connectivity index (χ3v) is 2.09. The Bertz CT molecular complexity index is 467. The van der Waals surface area contributed by atoms with Crippen LogP contribution in [0.2, 0.25) is 0 Å². The van der Waals surface area contributed by atoms with Gasteiger partial charge in [0.1, 0.15) is 5.39 Å². The summed E-state index contributed by atoms with van der Waals surface area (Å²) in [5.74, 6) is 1.14. The minimum Gasteiger partial charge on any atom is -0.477 e. The van der Waals surface area contributed by atoms with E-state index in [0.29, 0.717) is 24.1 Å². The van der Waals surface area contributed by atoms with E-state index in [4.69, 9.17) is 4.74 Å². The van der Waals surface area contributed by atoms with Gasteiger partial charge in [0.05, 0.1) is 12.8 Å². The number of H-pyrrole nitrogens is 1. The smallest absolute Gasteiger partial charge is 0.229 e. The maximum Gasteiger partial charge on any atom is 0.229 e. The summed E-state index contributed by atoms with van der Waals surface area (Å²) in [5.41, 5.74) is 0.692. The maximum atomic E-state index is 5.45. The molecule has 0 spiro atoms. The van der Waals surface area contributed by atoms with Crippen molar-refractivity contribution in [2.24, 2.45) is 0 Å². The first kappa shape index (κ1) is 10.7. The zero-order valence-electron chi connectivity index (χ0n) is 9.45. The van der Waals surface area contributed by atoms with Crippen molar-refractivity contribution in [3.8, 4) is 5.88 Å². The van der Waals surface area contributed by atoms with Crippen molar-refractivity contribution in [1.29, 1.82) is 0 Å². The highest BCUT2D eigenvalue weighted by Gasteiger charge is 2.09. The third kappa shape index (κ3) is 2.05. The highest BCUT2D eigenvalue weighted by molar-refractivity contribution is 5.80. The van der Waals surface area contributed by atoms with E-state index in [2.05, 4.69) is 32.4 Å². The van der Waals surface area contributed by atoms with E-state index in [1.54, 1.807) is 6.20 Å². The number of hydrogen-bond acceptors (Lipinski definition) is 5. The summed E-state index contributed by atoms with van der Waals surface area (Å²) in [6.45, 7) is 5.42. The zero-order valence-corrected chi connectivity index (χ0v) is 9.45. The molecule has 0 bridgehead atoms. The van der Waals surface area contributed by atoms with Gasteiger partial charge in [-0.05, 0) is 13.3 Å². The molecule has 86 valence electrons. The Balaban J connectivity index is 2.36. The molecular weight excluding hydrogens is 206 g/mol. The molecule has 0 radical (unpaired) electrons. The highest BCUT2D eigenvalue weighted by Crippen LogP contribution is 2.21. The molecule has 0 atom stereocenters. The second-order valence-electron chi connectivity index (χ2n) is 3.34. The van der Waals surface area contributed by atoms with Crippen molar-refractivity contribution in [3.63, 3.8) is 0 Å². The summed E-state index contributed by atoms with van der Waals surface area (Å²) in [7, 11) is 0. The lowest BCUT2D eigenvalue weighted by molar-refractivity contribution is 0.331. The van der Waals surface area contributed by atoms with Crippen LogP contribution in [-0.2, 0) is 0 Å². The van der Waals surface area contributed by atoms with Gasteiger partial charge in [0, 0.05) is 6.54 Å². The first-order valence-electron chi connectivity index (χ1n) is 5.43. The van der Waals surface area contributed by atoms with Crippen LogP contribution in [0.4, 0.5) is 5.95 Å². The average Bonchev–Trinajstić information content (AvgIpc) is 2.75. The molecule has 6 nitrogen and oxygen atoms in total. The van der Waals surface area contributed by atoms with Gasteiger partial charge in [-0.2, -0.15) is 15.1 Å². The van der Waals surface area contributed by atoms with Crippen molar-refractivity contribution < 1.29 is 4.74 Å². The fourth-order valence-electron chi connectivity index (χ4n) is 1.37. The molecule has 2 aromatic rings. The molecule has 0 fully saturated rings. The van der Waals surface area contributed by atoms with Crippen LogP contribution in [0.5, 0.6) is 5.88 Å². The largest absolute Gasteiger partial charge is 0.477 e. The summed E-state index contributed by atoms with van der Waals surface area (Å²) < 4.78 is 5.45. The van der Waals surface area contributed by atoms with Crippen LogP contribution in [-0.4, -0.2) is 33.3 Å². The number of aromatic nitrogens is 4. The third-order valence-electron chi connectivity index (χ3n) is 2.09. The van der Waals surface area contributed by atoms with Crippen LogP contribution in [0.1, 0.15) is 20.3 Å². The van der Waals surface area contributed by atoms with Gasteiger partial charge in [0.15, 0.2) is 5.65 Å². The van der Waals surface area contributed by atoms with Crippen LogP contribution < -0.4 is 10.1 Å². The van der Waals surface area contributed by atoms with Gasteiger partial charge in [0.2, 0.25) is 11.8 Å². The van der Waals surface area contributed by atoms with E-state index in [1.165, 1.54) is 0 Å². The van der Waals surface area contributed by atoms with E-state index in [9.17, 15) is 0 Å². The van der Waals surface area contributed by atoms with Crippen LogP contribution >= 0.6 is 0 Å². The molecule has 0 saturated heterocycles. The Morgan fingerprint density at radius 1 is 1.38 bits per heavy atom.